The highest BCUT2D eigenvalue weighted by atomic mass is 16.6. The zero-order valence-corrected chi connectivity index (χ0v) is 17.1. The van der Waals surface area contributed by atoms with Crippen LogP contribution < -0.4 is 5.32 Å². The number of benzene rings is 3. The van der Waals surface area contributed by atoms with Crippen LogP contribution in [-0.2, 0) is 11.3 Å². The first-order valence-electron chi connectivity index (χ1n) is 10.6. The first-order valence-corrected chi connectivity index (χ1v) is 10.6. The molecule has 4 heteroatoms. The number of rotatable bonds is 6. The van der Waals surface area contributed by atoms with Crippen LogP contribution in [0.2, 0.25) is 0 Å². The van der Waals surface area contributed by atoms with Crippen LogP contribution in [0.4, 0.5) is 4.79 Å². The van der Waals surface area contributed by atoms with Gasteiger partial charge in [0.05, 0.1) is 6.04 Å². The molecule has 1 aliphatic heterocycles. The van der Waals surface area contributed by atoms with E-state index in [1.807, 2.05) is 66.7 Å². The van der Waals surface area contributed by atoms with Gasteiger partial charge in [0, 0.05) is 13.1 Å². The first-order chi connectivity index (χ1) is 14.8. The number of carbonyl (C=O) groups excluding carboxylic acids is 1. The minimum atomic E-state index is -0.362. The van der Waals surface area contributed by atoms with E-state index in [1.54, 1.807) is 0 Å². The fraction of sp³-hybridized carbons (Fsp3) is 0.269. The third-order valence-electron chi connectivity index (χ3n) is 5.51. The van der Waals surface area contributed by atoms with Gasteiger partial charge in [-0.1, -0.05) is 91.0 Å². The van der Waals surface area contributed by atoms with Crippen LogP contribution in [0, 0.1) is 0 Å². The lowest BCUT2D eigenvalue weighted by Gasteiger charge is -2.32. The molecule has 1 fully saturated rings. The smallest absolute Gasteiger partial charge is 0.408 e. The van der Waals surface area contributed by atoms with Crippen molar-refractivity contribution in [1.82, 2.24) is 10.2 Å². The highest BCUT2D eigenvalue weighted by Crippen LogP contribution is 2.23. The van der Waals surface area contributed by atoms with E-state index < -0.39 is 0 Å². The molecule has 1 unspecified atom stereocenters. The minimum absolute atomic E-state index is 0.0883. The topological polar surface area (TPSA) is 41.6 Å². The Kier molecular flexibility index (Phi) is 6.78. The number of ether oxygens (including phenoxy) is 1. The van der Waals surface area contributed by atoms with Crippen LogP contribution in [0.5, 0.6) is 0 Å². The molecule has 154 valence electrons. The highest BCUT2D eigenvalue weighted by Gasteiger charge is 2.25. The lowest BCUT2D eigenvalue weighted by molar-refractivity contribution is 0.0387. The Balaban J connectivity index is 1.38. The van der Waals surface area contributed by atoms with Crippen molar-refractivity contribution in [2.24, 2.45) is 0 Å². The molecule has 0 aliphatic carbocycles. The Morgan fingerprint density at radius 2 is 1.47 bits per heavy atom. The number of alkyl carbamates (subject to hydrolysis) is 1. The van der Waals surface area contributed by atoms with Crippen molar-refractivity contribution in [3.05, 3.63) is 108 Å². The number of amides is 1. The second-order valence-corrected chi connectivity index (χ2v) is 7.79. The SMILES string of the molecule is O=C(NC(c1ccccc1)c1ccccc1)OC1CCCN(Cc2ccccc2)C1. The van der Waals surface area contributed by atoms with Crippen molar-refractivity contribution in [1.29, 1.82) is 0 Å². The van der Waals surface area contributed by atoms with E-state index in [9.17, 15) is 4.79 Å². The van der Waals surface area contributed by atoms with E-state index in [1.165, 1.54) is 5.56 Å². The molecule has 3 aromatic rings. The first kappa shape index (κ1) is 20.2. The van der Waals surface area contributed by atoms with Crippen molar-refractivity contribution in [2.75, 3.05) is 13.1 Å². The maximum Gasteiger partial charge on any atom is 0.408 e. The fourth-order valence-electron chi connectivity index (χ4n) is 4.05. The summed E-state index contributed by atoms with van der Waals surface area (Å²) in [5, 5.41) is 3.08. The zero-order chi connectivity index (χ0) is 20.6. The van der Waals surface area contributed by atoms with Crippen LogP contribution >= 0.6 is 0 Å². The van der Waals surface area contributed by atoms with E-state index in [0.717, 1.165) is 43.6 Å². The molecule has 4 nitrogen and oxygen atoms in total. The quantitative estimate of drug-likeness (QED) is 0.621. The average molecular weight is 401 g/mol. The fourth-order valence-corrected chi connectivity index (χ4v) is 4.05. The van der Waals surface area contributed by atoms with Crippen molar-refractivity contribution in [3.8, 4) is 0 Å². The van der Waals surface area contributed by atoms with Gasteiger partial charge in [-0.25, -0.2) is 4.79 Å². The molecule has 0 bridgehead atoms. The molecular formula is C26H28N2O2. The van der Waals surface area contributed by atoms with Crippen LogP contribution in [0.15, 0.2) is 91.0 Å². The van der Waals surface area contributed by atoms with Gasteiger partial charge in [-0.3, -0.25) is 4.90 Å². The number of hydrogen-bond acceptors (Lipinski definition) is 3. The lowest BCUT2D eigenvalue weighted by atomic mass is 9.99. The molecule has 1 heterocycles. The molecule has 0 radical (unpaired) electrons. The summed E-state index contributed by atoms with van der Waals surface area (Å²) in [7, 11) is 0. The predicted molar refractivity (Wildman–Crippen MR) is 119 cm³/mol. The van der Waals surface area contributed by atoms with E-state index in [4.69, 9.17) is 4.74 Å². The summed E-state index contributed by atoms with van der Waals surface area (Å²) < 4.78 is 5.84. The zero-order valence-electron chi connectivity index (χ0n) is 17.1. The van der Waals surface area contributed by atoms with Crippen LogP contribution in [0.1, 0.15) is 35.6 Å². The van der Waals surface area contributed by atoms with Crippen molar-refractivity contribution < 1.29 is 9.53 Å². The van der Waals surface area contributed by atoms with Gasteiger partial charge in [-0.2, -0.15) is 0 Å². The maximum absolute atomic E-state index is 12.8. The molecule has 1 atom stereocenters. The van der Waals surface area contributed by atoms with Crippen LogP contribution in [0.25, 0.3) is 0 Å². The van der Waals surface area contributed by atoms with Gasteiger partial charge in [-0.15, -0.1) is 0 Å². The molecule has 0 aromatic heterocycles. The normalized spacial score (nSPS) is 16.9. The lowest BCUT2D eigenvalue weighted by Crippen LogP contribution is -2.42. The number of nitrogens with one attached hydrogen (secondary N) is 1. The summed E-state index contributed by atoms with van der Waals surface area (Å²) in [6, 6.07) is 30.2. The van der Waals surface area contributed by atoms with Crippen LogP contribution in [0.3, 0.4) is 0 Å². The Morgan fingerprint density at radius 3 is 2.07 bits per heavy atom. The third kappa shape index (κ3) is 5.49. The van der Waals surface area contributed by atoms with Crippen molar-refractivity contribution in [3.63, 3.8) is 0 Å². The van der Waals surface area contributed by atoms with E-state index in [2.05, 4.69) is 34.5 Å². The molecule has 3 aromatic carbocycles. The van der Waals surface area contributed by atoms with Gasteiger partial charge in [0.1, 0.15) is 6.10 Å². The Morgan fingerprint density at radius 1 is 0.900 bits per heavy atom. The predicted octanol–water partition coefficient (Wildman–Crippen LogP) is 5.17. The largest absolute Gasteiger partial charge is 0.445 e. The van der Waals surface area contributed by atoms with Gasteiger partial charge in [-0.05, 0) is 36.1 Å². The summed E-state index contributed by atoms with van der Waals surface area (Å²) in [6.07, 6.45) is 1.49. The summed E-state index contributed by atoms with van der Waals surface area (Å²) in [4.78, 5) is 15.1. The standard InChI is InChI=1S/C26H28N2O2/c29-26(27-25(22-13-6-2-7-14-22)23-15-8-3-9-16-23)30-24-17-10-18-28(20-24)19-21-11-4-1-5-12-21/h1-9,11-16,24-25H,10,17-20H2,(H,27,29). The molecule has 1 aliphatic rings. The summed E-state index contributed by atoms with van der Waals surface area (Å²) in [6.45, 7) is 2.69. The molecule has 1 N–H and O–H groups in total. The minimum Gasteiger partial charge on any atom is -0.445 e. The van der Waals surface area contributed by atoms with E-state index in [-0.39, 0.29) is 18.2 Å². The molecular weight excluding hydrogens is 372 g/mol. The Bertz CT molecular complexity index is 876. The molecule has 0 saturated carbocycles. The average Bonchev–Trinajstić information content (AvgIpc) is 2.80. The van der Waals surface area contributed by atoms with Gasteiger partial charge >= 0.3 is 6.09 Å². The number of carbonyl (C=O) groups is 1. The highest BCUT2D eigenvalue weighted by molar-refractivity contribution is 5.69. The number of nitrogens with zero attached hydrogens (tertiary/aromatic N) is 1. The van der Waals surface area contributed by atoms with Gasteiger partial charge in [0.15, 0.2) is 0 Å². The Labute approximate surface area is 178 Å². The number of likely N-dealkylation sites (tertiary alicyclic amines) is 1. The van der Waals surface area contributed by atoms with Crippen LogP contribution in [-0.4, -0.2) is 30.2 Å². The summed E-state index contributed by atoms with van der Waals surface area (Å²) >= 11 is 0. The molecule has 4 rings (SSSR count). The Hall–Kier alpha value is -3.11. The monoisotopic (exact) mass is 400 g/mol. The van der Waals surface area contributed by atoms with E-state index >= 15 is 0 Å². The summed E-state index contributed by atoms with van der Waals surface area (Å²) in [5.41, 5.74) is 3.36. The maximum atomic E-state index is 12.8. The number of piperidine rings is 1. The van der Waals surface area contributed by atoms with Crippen molar-refractivity contribution >= 4 is 6.09 Å². The number of hydrogen-bond donors (Lipinski definition) is 1. The molecule has 0 spiro atoms. The van der Waals surface area contributed by atoms with Crippen molar-refractivity contribution in [2.45, 2.75) is 31.5 Å². The van der Waals surface area contributed by atoms with Gasteiger partial charge < -0.3 is 10.1 Å². The molecule has 1 saturated heterocycles. The third-order valence-corrected chi connectivity index (χ3v) is 5.51. The molecule has 1 amide bonds. The van der Waals surface area contributed by atoms with E-state index in [0.29, 0.717) is 0 Å². The summed E-state index contributed by atoms with van der Waals surface area (Å²) in [5.74, 6) is 0. The van der Waals surface area contributed by atoms with Gasteiger partial charge in [0.2, 0.25) is 0 Å². The molecule has 30 heavy (non-hydrogen) atoms. The second kappa shape index (κ2) is 10.1. The second-order valence-electron chi connectivity index (χ2n) is 7.79. The van der Waals surface area contributed by atoms with Gasteiger partial charge in [0.25, 0.3) is 0 Å².